The second-order valence-electron chi connectivity index (χ2n) is 6.54. The van der Waals surface area contributed by atoms with Crippen molar-refractivity contribution in [2.45, 2.75) is 12.8 Å². The maximum absolute atomic E-state index is 13.1. The van der Waals surface area contributed by atoms with Crippen molar-refractivity contribution in [3.63, 3.8) is 0 Å². The third-order valence-corrected chi connectivity index (χ3v) is 4.75. The molecule has 1 atom stereocenters. The molecule has 1 aliphatic rings. The van der Waals surface area contributed by atoms with Crippen LogP contribution in [0.3, 0.4) is 0 Å². The minimum absolute atomic E-state index is 0.0203. The predicted molar refractivity (Wildman–Crippen MR) is 103 cm³/mol. The van der Waals surface area contributed by atoms with Gasteiger partial charge >= 0.3 is 0 Å². The van der Waals surface area contributed by atoms with Crippen molar-refractivity contribution in [2.24, 2.45) is 5.41 Å². The Kier molecular flexibility index (Phi) is 6.05. The number of aromatic nitrogens is 2. The summed E-state index contributed by atoms with van der Waals surface area (Å²) in [5.41, 5.74) is 0.0569. The molecule has 1 saturated heterocycles. The van der Waals surface area contributed by atoms with E-state index in [4.69, 9.17) is 9.47 Å². The van der Waals surface area contributed by atoms with Crippen molar-refractivity contribution in [1.82, 2.24) is 15.3 Å². The molecule has 3 rings (SSSR count). The van der Waals surface area contributed by atoms with Crippen molar-refractivity contribution < 1.29 is 19.1 Å². The SMILES string of the molecule is COc1ccncc1NC(=O)CC1(C(=O)Nc2cnccc2OC)CCNC1. The first-order valence-corrected chi connectivity index (χ1v) is 8.86. The van der Waals surface area contributed by atoms with Gasteiger partial charge in [-0.25, -0.2) is 0 Å². The number of methoxy groups -OCH3 is 2. The van der Waals surface area contributed by atoms with Crippen LogP contribution in [0.1, 0.15) is 12.8 Å². The number of rotatable bonds is 7. The van der Waals surface area contributed by atoms with Crippen LogP contribution in [0.4, 0.5) is 11.4 Å². The summed E-state index contributed by atoms with van der Waals surface area (Å²) in [7, 11) is 3.04. The number of nitrogens with zero attached hydrogens (tertiary/aromatic N) is 2. The molecule has 2 aromatic rings. The van der Waals surface area contributed by atoms with Gasteiger partial charge in [0.2, 0.25) is 11.8 Å². The van der Waals surface area contributed by atoms with E-state index in [0.29, 0.717) is 42.4 Å². The highest BCUT2D eigenvalue weighted by molar-refractivity contribution is 6.01. The van der Waals surface area contributed by atoms with E-state index in [-0.39, 0.29) is 18.2 Å². The van der Waals surface area contributed by atoms with Crippen LogP contribution < -0.4 is 25.4 Å². The number of anilines is 2. The van der Waals surface area contributed by atoms with Crippen LogP contribution in [-0.4, -0.2) is 49.1 Å². The monoisotopic (exact) mass is 385 g/mol. The van der Waals surface area contributed by atoms with E-state index in [1.54, 1.807) is 24.5 Å². The molecule has 0 aliphatic carbocycles. The molecule has 1 aliphatic heterocycles. The van der Waals surface area contributed by atoms with Crippen molar-refractivity contribution >= 4 is 23.2 Å². The summed E-state index contributed by atoms with van der Waals surface area (Å²) in [5, 5.41) is 8.81. The number of nitrogens with one attached hydrogen (secondary N) is 3. The molecule has 0 bridgehead atoms. The van der Waals surface area contributed by atoms with E-state index in [1.165, 1.54) is 26.6 Å². The van der Waals surface area contributed by atoms with E-state index in [9.17, 15) is 9.59 Å². The molecule has 0 radical (unpaired) electrons. The highest BCUT2D eigenvalue weighted by Crippen LogP contribution is 2.34. The number of carbonyl (C=O) groups is 2. The zero-order chi connectivity index (χ0) is 20.0. The lowest BCUT2D eigenvalue weighted by Crippen LogP contribution is -2.41. The van der Waals surface area contributed by atoms with Gasteiger partial charge in [0, 0.05) is 37.5 Å². The second kappa shape index (κ2) is 8.66. The highest BCUT2D eigenvalue weighted by atomic mass is 16.5. The van der Waals surface area contributed by atoms with Gasteiger partial charge < -0.3 is 25.4 Å². The summed E-state index contributed by atoms with van der Waals surface area (Å²) in [5.74, 6) is 0.473. The van der Waals surface area contributed by atoms with Crippen molar-refractivity contribution in [3.8, 4) is 11.5 Å². The van der Waals surface area contributed by atoms with E-state index in [1.807, 2.05) is 0 Å². The number of hydrogen-bond donors (Lipinski definition) is 3. The van der Waals surface area contributed by atoms with Crippen molar-refractivity contribution in [3.05, 3.63) is 36.9 Å². The van der Waals surface area contributed by atoms with Crippen LogP contribution in [0, 0.1) is 5.41 Å². The minimum Gasteiger partial charge on any atom is -0.494 e. The summed E-state index contributed by atoms with van der Waals surface area (Å²) in [4.78, 5) is 33.8. The third-order valence-electron chi connectivity index (χ3n) is 4.75. The number of amides is 2. The summed E-state index contributed by atoms with van der Waals surface area (Å²) in [6.07, 6.45) is 6.75. The van der Waals surface area contributed by atoms with Crippen molar-refractivity contribution in [1.29, 1.82) is 0 Å². The van der Waals surface area contributed by atoms with Gasteiger partial charge in [-0.1, -0.05) is 0 Å². The summed E-state index contributed by atoms with van der Waals surface area (Å²) >= 11 is 0. The fourth-order valence-corrected chi connectivity index (χ4v) is 3.23. The molecular weight excluding hydrogens is 362 g/mol. The van der Waals surface area contributed by atoms with Gasteiger partial charge in [0.25, 0.3) is 0 Å². The fourth-order valence-electron chi connectivity index (χ4n) is 3.23. The van der Waals surface area contributed by atoms with Gasteiger partial charge in [0.15, 0.2) is 0 Å². The summed E-state index contributed by atoms with van der Waals surface area (Å²) < 4.78 is 10.5. The molecule has 1 unspecified atom stereocenters. The Hall–Kier alpha value is -3.20. The molecule has 0 spiro atoms. The average Bonchev–Trinajstić information content (AvgIpc) is 3.18. The Bertz CT molecular complexity index is 852. The second-order valence-corrected chi connectivity index (χ2v) is 6.54. The number of carbonyl (C=O) groups excluding carboxylic acids is 2. The zero-order valence-electron chi connectivity index (χ0n) is 15.8. The first-order chi connectivity index (χ1) is 13.6. The number of hydrogen-bond acceptors (Lipinski definition) is 7. The number of pyridine rings is 2. The van der Waals surface area contributed by atoms with E-state index < -0.39 is 5.41 Å². The summed E-state index contributed by atoms with van der Waals surface area (Å²) in [6.45, 7) is 1.06. The van der Waals surface area contributed by atoms with Crippen LogP contribution in [0.25, 0.3) is 0 Å². The molecule has 3 heterocycles. The van der Waals surface area contributed by atoms with E-state index >= 15 is 0 Å². The van der Waals surface area contributed by atoms with Crippen LogP contribution in [0.15, 0.2) is 36.9 Å². The molecular formula is C19H23N5O4. The minimum atomic E-state index is -0.875. The topological polar surface area (TPSA) is 114 Å². The maximum Gasteiger partial charge on any atom is 0.232 e. The first-order valence-electron chi connectivity index (χ1n) is 8.86. The van der Waals surface area contributed by atoms with Crippen molar-refractivity contribution in [2.75, 3.05) is 37.9 Å². The molecule has 9 heteroatoms. The van der Waals surface area contributed by atoms with Gasteiger partial charge in [0.1, 0.15) is 22.9 Å². The van der Waals surface area contributed by atoms with Crippen LogP contribution in [0.2, 0.25) is 0 Å². The highest BCUT2D eigenvalue weighted by Gasteiger charge is 2.43. The fraction of sp³-hybridized carbons (Fsp3) is 0.368. The number of ether oxygens (including phenoxy) is 2. The molecule has 2 amide bonds. The zero-order valence-corrected chi connectivity index (χ0v) is 15.8. The average molecular weight is 385 g/mol. The smallest absolute Gasteiger partial charge is 0.232 e. The molecule has 28 heavy (non-hydrogen) atoms. The standard InChI is InChI=1S/C19H23N5O4/c1-27-15-3-6-20-10-13(15)23-17(25)9-19(5-8-22-12-19)18(26)24-14-11-21-7-4-16(14)28-2/h3-4,6-7,10-11,22H,5,8-9,12H2,1-2H3,(H,23,25)(H,24,26). The summed E-state index contributed by atoms with van der Waals surface area (Å²) in [6, 6.07) is 3.32. The van der Waals surface area contributed by atoms with Gasteiger partial charge in [-0.3, -0.25) is 19.6 Å². The van der Waals surface area contributed by atoms with Gasteiger partial charge in [-0.15, -0.1) is 0 Å². The molecule has 2 aromatic heterocycles. The lowest BCUT2D eigenvalue weighted by Gasteiger charge is -2.26. The molecule has 3 N–H and O–H groups in total. The predicted octanol–water partition coefficient (Wildman–Crippen LogP) is 1.44. The maximum atomic E-state index is 13.1. The lowest BCUT2D eigenvalue weighted by atomic mass is 9.82. The molecule has 0 saturated carbocycles. The molecule has 9 nitrogen and oxygen atoms in total. The Morgan fingerprint density at radius 2 is 1.68 bits per heavy atom. The van der Waals surface area contributed by atoms with Gasteiger partial charge in [0.05, 0.1) is 32.0 Å². The van der Waals surface area contributed by atoms with Crippen LogP contribution in [0.5, 0.6) is 11.5 Å². The largest absolute Gasteiger partial charge is 0.494 e. The Labute approximate surface area is 162 Å². The van der Waals surface area contributed by atoms with Gasteiger partial charge in [-0.2, -0.15) is 0 Å². The normalized spacial score (nSPS) is 18.4. The van der Waals surface area contributed by atoms with E-state index in [0.717, 1.165) is 0 Å². The van der Waals surface area contributed by atoms with E-state index in [2.05, 4.69) is 25.9 Å². The quantitative estimate of drug-likeness (QED) is 0.661. The van der Waals surface area contributed by atoms with Gasteiger partial charge in [-0.05, 0) is 13.0 Å². The molecule has 148 valence electrons. The molecule has 0 aromatic carbocycles. The molecule has 1 fully saturated rings. The lowest BCUT2D eigenvalue weighted by molar-refractivity contribution is -0.129. The first kappa shape index (κ1) is 19.6. The third kappa shape index (κ3) is 4.20. The van der Waals surface area contributed by atoms with Crippen LogP contribution >= 0.6 is 0 Å². The van der Waals surface area contributed by atoms with Crippen LogP contribution in [-0.2, 0) is 9.59 Å². The Balaban J connectivity index is 1.74. The Morgan fingerprint density at radius 1 is 1.07 bits per heavy atom. The Morgan fingerprint density at radius 3 is 2.21 bits per heavy atom.